The molecular formula is C12H20. The molecule has 1 fully saturated rings. The molecule has 0 heteroatoms. The fraction of sp³-hybridized carbons (Fsp3) is 0.833. The molecule has 2 aliphatic carbocycles. The molecule has 68 valence electrons. The second-order valence-corrected chi connectivity index (χ2v) is 4.87. The van der Waals surface area contributed by atoms with Gasteiger partial charge in [-0.1, -0.05) is 18.1 Å². The van der Waals surface area contributed by atoms with Gasteiger partial charge in [0, 0.05) is 0 Å². The first-order valence-corrected chi connectivity index (χ1v) is 5.43. The van der Waals surface area contributed by atoms with E-state index in [0.29, 0.717) is 0 Å². The van der Waals surface area contributed by atoms with Gasteiger partial charge < -0.3 is 0 Å². The van der Waals surface area contributed by atoms with Crippen LogP contribution in [0.3, 0.4) is 0 Å². The number of rotatable bonds is 0. The van der Waals surface area contributed by atoms with Gasteiger partial charge in [-0.2, -0.15) is 0 Å². The molecule has 0 spiro atoms. The van der Waals surface area contributed by atoms with Crippen LogP contribution in [0.2, 0.25) is 0 Å². The first-order valence-electron chi connectivity index (χ1n) is 5.43. The highest BCUT2D eigenvalue weighted by atomic mass is 14.3. The van der Waals surface area contributed by atoms with Crippen LogP contribution >= 0.6 is 0 Å². The molecule has 0 aromatic rings. The summed E-state index contributed by atoms with van der Waals surface area (Å²) in [5.74, 6) is 2.03. The Bertz CT molecular complexity index is 200. The summed E-state index contributed by atoms with van der Waals surface area (Å²) in [4.78, 5) is 0. The predicted molar refractivity (Wildman–Crippen MR) is 53.1 cm³/mol. The highest BCUT2D eigenvalue weighted by Crippen LogP contribution is 2.39. The van der Waals surface area contributed by atoms with Crippen molar-refractivity contribution in [3.8, 4) is 0 Å². The molecule has 12 heavy (non-hydrogen) atoms. The fourth-order valence-corrected chi connectivity index (χ4v) is 2.85. The lowest BCUT2D eigenvalue weighted by atomic mass is 9.83. The lowest BCUT2D eigenvalue weighted by molar-refractivity contribution is 0.374. The van der Waals surface area contributed by atoms with Gasteiger partial charge in [0.15, 0.2) is 0 Å². The van der Waals surface area contributed by atoms with Crippen LogP contribution < -0.4 is 0 Å². The van der Waals surface area contributed by atoms with Gasteiger partial charge in [-0.05, 0) is 57.3 Å². The van der Waals surface area contributed by atoms with E-state index in [9.17, 15) is 0 Å². The number of allylic oxidation sites excluding steroid dienone is 2. The molecule has 0 aromatic carbocycles. The molecule has 2 aliphatic rings. The minimum atomic E-state index is 0.985. The lowest BCUT2D eigenvalue weighted by Crippen LogP contribution is -2.08. The SMILES string of the molecule is CC1=C2CCC(C)CC(CC1)C2. The lowest BCUT2D eigenvalue weighted by Gasteiger charge is -2.23. The van der Waals surface area contributed by atoms with E-state index in [1.54, 1.807) is 5.57 Å². The predicted octanol–water partition coefficient (Wildman–Crippen LogP) is 3.92. The van der Waals surface area contributed by atoms with Gasteiger partial charge in [-0.3, -0.25) is 0 Å². The number of fused-ring (bicyclic) bond motifs is 2. The molecule has 0 aromatic heterocycles. The maximum atomic E-state index is 2.43. The molecule has 0 amide bonds. The zero-order chi connectivity index (χ0) is 8.55. The highest BCUT2D eigenvalue weighted by molar-refractivity contribution is 5.17. The second kappa shape index (κ2) is 3.24. The molecule has 0 aliphatic heterocycles. The Morgan fingerprint density at radius 1 is 1.17 bits per heavy atom. The Morgan fingerprint density at radius 3 is 2.83 bits per heavy atom. The van der Waals surface area contributed by atoms with Crippen molar-refractivity contribution >= 4 is 0 Å². The third-order valence-corrected chi connectivity index (χ3v) is 3.74. The van der Waals surface area contributed by atoms with E-state index < -0.39 is 0 Å². The van der Waals surface area contributed by atoms with E-state index >= 15 is 0 Å². The maximum Gasteiger partial charge on any atom is -0.0289 e. The van der Waals surface area contributed by atoms with E-state index in [1.807, 2.05) is 5.57 Å². The molecule has 0 saturated heterocycles. The average Bonchev–Trinajstić information content (AvgIpc) is 2.19. The van der Waals surface area contributed by atoms with Crippen molar-refractivity contribution in [2.75, 3.05) is 0 Å². The summed E-state index contributed by atoms with van der Waals surface area (Å²) in [6.07, 6.45) is 8.66. The zero-order valence-electron chi connectivity index (χ0n) is 8.40. The minimum absolute atomic E-state index is 0.985. The number of hydrogen-bond acceptors (Lipinski definition) is 0. The van der Waals surface area contributed by atoms with Crippen molar-refractivity contribution in [2.24, 2.45) is 11.8 Å². The topological polar surface area (TPSA) is 0 Å². The van der Waals surface area contributed by atoms with Crippen LogP contribution in [0.4, 0.5) is 0 Å². The van der Waals surface area contributed by atoms with Crippen LogP contribution in [-0.2, 0) is 0 Å². The molecule has 0 N–H and O–H groups in total. The highest BCUT2D eigenvalue weighted by Gasteiger charge is 2.24. The van der Waals surface area contributed by atoms with Gasteiger partial charge in [-0.15, -0.1) is 0 Å². The largest absolute Gasteiger partial charge is 0.0741 e. The fourth-order valence-electron chi connectivity index (χ4n) is 2.85. The zero-order valence-corrected chi connectivity index (χ0v) is 8.40. The standard InChI is InChI=1S/C12H20/c1-9-3-6-12-8-11(7-9)5-4-10(12)2/h9,11H,3-8H2,1-2H3. The molecule has 2 atom stereocenters. The first-order chi connectivity index (χ1) is 5.75. The van der Waals surface area contributed by atoms with Crippen molar-refractivity contribution in [1.29, 1.82) is 0 Å². The van der Waals surface area contributed by atoms with Crippen molar-refractivity contribution < 1.29 is 0 Å². The van der Waals surface area contributed by atoms with Gasteiger partial charge in [0.05, 0.1) is 0 Å². The van der Waals surface area contributed by atoms with E-state index in [-0.39, 0.29) is 0 Å². The Balaban J connectivity index is 2.16. The van der Waals surface area contributed by atoms with Crippen molar-refractivity contribution in [1.82, 2.24) is 0 Å². The molecule has 0 heterocycles. The Morgan fingerprint density at radius 2 is 2.00 bits per heavy atom. The van der Waals surface area contributed by atoms with Gasteiger partial charge in [0.1, 0.15) is 0 Å². The van der Waals surface area contributed by atoms with Crippen LogP contribution in [-0.4, -0.2) is 0 Å². The summed E-state index contributed by atoms with van der Waals surface area (Å²) in [5.41, 5.74) is 3.54. The smallest absolute Gasteiger partial charge is 0.0289 e. The van der Waals surface area contributed by atoms with Crippen LogP contribution in [0.5, 0.6) is 0 Å². The molecule has 2 unspecified atom stereocenters. The maximum absolute atomic E-state index is 2.43. The van der Waals surface area contributed by atoms with Crippen LogP contribution in [0.25, 0.3) is 0 Å². The molecule has 2 bridgehead atoms. The molecule has 0 nitrogen and oxygen atoms in total. The van der Waals surface area contributed by atoms with Gasteiger partial charge in [-0.25, -0.2) is 0 Å². The van der Waals surface area contributed by atoms with Gasteiger partial charge >= 0.3 is 0 Å². The van der Waals surface area contributed by atoms with Crippen molar-refractivity contribution in [3.63, 3.8) is 0 Å². The molecule has 2 rings (SSSR count). The third kappa shape index (κ3) is 1.57. The van der Waals surface area contributed by atoms with E-state index in [4.69, 9.17) is 0 Å². The van der Waals surface area contributed by atoms with E-state index in [0.717, 1.165) is 11.8 Å². The first kappa shape index (κ1) is 8.34. The van der Waals surface area contributed by atoms with E-state index in [1.165, 1.54) is 38.5 Å². The van der Waals surface area contributed by atoms with Crippen LogP contribution in [0.1, 0.15) is 52.4 Å². The summed E-state index contributed by atoms with van der Waals surface area (Å²) in [6.45, 7) is 4.78. The van der Waals surface area contributed by atoms with Crippen molar-refractivity contribution in [2.45, 2.75) is 52.4 Å². The van der Waals surface area contributed by atoms with Crippen LogP contribution in [0.15, 0.2) is 11.1 Å². The Labute approximate surface area is 76.1 Å². The van der Waals surface area contributed by atoms with E-state index in [2.05, 4.69) is 13.8 Å². The average molecular weight is 164 g/mol. The molecular weight excluding hydrogens is 144 g/mol. The minimum Gasteiger partial charge on any atom is -0.0741 e. The molecule has 0 radical (unpaired) electrons. The monoisotopic (exact) mass is 164 g/mol. The summed E-state index contributed by atoms with van der Waals surface area (Å²) in [5, 5.41) is 0. The van der Waals surface area contributed by atoms with Crippen LogP contribution in [0, 0.1) is 11.8 Å². The summed E-state index contributed by atoms with van der Waals surface area (Å²) in [7, 11) is 0. The van der Waals surface area contributed by atoms with Crippen molar-refractivity contribution in [3.05, 3.63) is 11.1 Å². The van der Waals surface area contributed by atoms with Gasteiger partial charge in [0.25, 0.3) is 0 Å². The Hall–Kier alpha value is -0.260. The summed E-state index contributed by atoms with van der Waals surface area (Å²) in [6, 6.07) is 0. The normalized spacial score (nSPS) is 36.5. The quantitative estimate of drug-likeness (QED) is 0.476. The third-order valence-electron chi connectivity index (χ3n) is 3.74. The summed E-state index contributed by atoms with van der Waals surface area (Å²) < 4.78 is 0. The Kier molecular flexibility index (Phi) is 2.25. The summed E-state index contributed by atoms with van der Waals surface area (Å²) >= 11 is 0. The van der Waals surface area contributed by atoms with Gasteiger partial charge in [0.2, 0.25) is 0 Å². The molecule has 1 saturated carbocycles. The number of hydrogen-bond donors (Lipinski definition) is 0. The second-order valence-electron chi connectivity index (χ2n) is 4.87.